The molecular formula is C15H17BrFN3. The van der Waals surface area contributed by atoms with Crippen molar-refractivity contribution in [1.82, 2.24) is 15.1 Å². The lowest BCUT2D eigenvalue weighted by atomic mass is 9.72. The Morgan fingerprint density at radius 3 is 2.45 bits per heavy atom. The molecule has 1 fully saturated rings. The molecule has 106 valence electrons. The first kappa shape index (κ1) is 13.8. The Kier molecular flexibility index (Phi) is 3.42. The van der Waals surface area contributed by atoms with Gasteiger partial charge < -0.3 is 5.32 Å². The molecule has 2 heterocycles. The van der Waals surface area contributed by atoms with E-state index in [0.29, 0.717) is 0 Å². The largest absolute Gasteiger partial charge is 0.315 e. The van der Waals surface area contributed by atoms with Crippen LogP contribution < -0.4 is 5.32 Å². The van der Waals surface area contributed by atoms with Crippen molar-refractivity contribution in [2.45, 2.75) is 18.8 Å². The Hall–Kier alpha value is -1.20. The summed E-state index contributed by atoms with van der Waals surface area (Å²) in [6.45, 7) is 3.82. The number of nitrogens with zero attached hydrogens (tertiary/aromatic N) is 2. The van der Waals surface area contributed by atoms with Crippen molar-refractivity contribution in [3.8, 4) is 0 Å². The quantitative estimate of drug-likeness (QED) is 0.933. The van der Waals surface area contributed by atoms with E-state index in [9.17, 15) is 4.39 Å². The highest BCUT2D eigenvalue weighted by molar-refractivity contribution is 9.10. The summed E-state index contributed by atoms with van der Waals surface area (Å²) >= 11 is 3.63. The van der Waals surface area contributed by atoms with E-state index in [1.165, 1.54) is 11.3 Å². The number of nitrogens with one attached hydrogen (secondary N) is 1. The molecule has 1 saturated heterocycles. The Morgan fingerprint density at radius 2 is 2.00 bits per heavy atom. The van der Waals surface area contributed by atoms with E-state index in [4.69, 9.17) is 0 Å². The van der Waals surface area contributed by atoms with E-state index in [-0.39, 0.29) is 11.2 Å². The third-order valence-electron chi connectivity index (χ3n) is 4.15. The SMILES string of the molecule is Cc1nn(C)c(CC2(c3ccc(F)cc3)CNC2)c1Br. The zero-order valence-corrected chi connectivity index (χ0v) is 13.2. The van der Waals surface area contributed by atoms with Crippen molar-refractivity contribution in [2.75, 3.05) is 13.1 Å². The number of hydrogen-bond acceptors (Lipinski definition) is 2. The van der Waals surface area contributed by atoms with Gasteiger partial charge in [-0.25, -0.2) is 4.39 Å². The van der Waals surface area contributed by atoms with E-state index < -0.39 is 0 Å². The number of aromatic nitrogens is 2. The molecule has 3 rings (SSSR count). The molecule has 1 N–H and O–H groups in total. The number of aryl methyl sites for hydroxylation is 2. The lowest BCUT2D eigenvalue weighted by Gasteiger charge is -2.43. The van der Waals surface area contributed by atoms with Crippen LogP contribution in [0.2, 0.25) is 0 Å². The average molecular weight is 338 g/mol. The molecule has 1 aliphatic rings. The number of rotatable bonds is 3. The van der Waals surface area contributed by atoms with Gasteiger partial charge in [0.25, 0.3) is 0 Å². The van der Waals surface area contributed by atoms with Gasteiger partial charge in [0.05, 0.1) is 15.9 Å². The van der Waals surface area contributed by atoms with Gasteiger partial charge in [-0.1, -0.05) is 12.1 Å². The highest BCUT2D eigenvalue weighted by Gasteiger charge is 2.40. The van der Waals surface area contributed by atoms with Crippen LogP contribution in [-0.4, -0.2) is 22.9 Å². The summed E-state index contributed by atoms with van der Waals surface area (Å²) in [7, 11) is 1.97. The third-order valence-corrected chi connectivity index (χ3v) is 5.18. The Labute approximate surface area is 126 Å². The van der Waals surface area contributed by atoms with Gasteiger partial charge in [-0.2, -0.15) is 5.10 Å². The molecule has 0 radical (unpaired) electrons. The van der Waals surface area contributed by atoms with Gasteiger partial charge in [0.15, 0.2) is 0 Å². The van der Waals surface area contributed by atoms with E-state index in [1.54, 1.807) is 12.1 Å². The highest BCUT2D eigenvalue weighted by atomic mass is 79.9. The summed E-state index contributed by atoms with van der Waals surface area (Å²) in [6, 6.07) is 6.87. The second-order valence-corrected chi connectivity index (χ2v) is 6.33. The van der Waals surface area contributed by atoms with Gasteiger partial charge in [0.1, 0.15) is 5.82 Å². The summed E-state index contributed by atoms with van der Waals surface area (Å²) in [5.74, 6) is -0.186. The lowest BCUT2D eigenvalue weighted by molar-refractivity contribution is 0.269. The van der Waals surface area contributed by atoms with Crippen molar-refractivity contribution >= 4 is 15.9 Å². The van der Waals surface area contributed by atoms with Gasteiger partial charge in [0, 0.05) is 32.0 Å². The summed E-state index contributed by atoms with van der Waals surface area (Å²) in [5, 5.41) is 7.79. The minimum absolute atomic E-state index is 0.0381. The predicted octanol–water partition coefficient (Wildman–Crippen LogP) is 2.71. The van der Waals surface area contributed by atoms with E-state index in [1.807, 2.05) is 30.8 Å². The smallest absolute Gasteiger partial charge is 0.123 e. The van der Waals surface area contributed by atoms with E-state index in [0.717, 1.165) is 29.7 Å². The third kappa shape index (κ3) is 2.19. The lowest BCUT2D eigenvalue weighted by Crippen LogP contribution is -2.58. The standard InChI is InChI=1S/C15H17BrFN3/c1-10-14(16)13(20(2)19-10)7-15(8-18-9-15)11-3-5-12(17)6-4-11/h3-6,18H,7-9H2,1-2H3. The fourth-order valence-corrected chi connectivity index (χ4v) is 3.33. The monoisotopic (exact) mass is 337 g/mol. The number of benzene rings is 1. The molecule has 20 heavy (non-hydrogen) atoms. The minimum atomic E-state index is -0.186. The molecule has 0 atom stereocenters. The second-order valence-electron chi connectivity index (χ2n) is 5.54. The molecular weight excluding hydrogens is 321 g/mol. The fourth-order valence-electron chi connectivity index (χ4n) is 2.85. The van der Waals surface area contributed by atoms with Gasteiger partial charge in [-0.05, 0) is 40.5 Å². The second kappa shape index (κ2) is 4.97. The first-order valence-electron chi connectivity index (χ1n) is 6.67. The molecule has 0 amide bonds. The maximum Gasteiger partial charge on any atom is 0.123 e. The molecule has 1 aromatic carbocycles. The summed E-state index contributed by atoms with van der Waals surface area (Å²) in [6.07, 6.45) is 0.892. The molecule has 3 nitrogen and oxygen atoms in total. The van der Waals surface area contributed by atoms with Crippen LogP contribution in [0.1, 0.15) is 17.0 Å². The molecule has 5 heteroatoms. The molecule has 0 spiro atoms. The van der Waals surface area contributed by atoms with Crippen LogP contribution in [0.15, 0.2) is 28.7 Å². The van der Waals surface area contributed by atoms with Crippen LogP contribution in [-0.2, 0) is 18.9 Å². The predicted molar refractivity (Wildman–Crippen MR) is 80.3 cm³/mol. The van der Waals surface area contributed by atoms with E-state index in [2.05, 4.69) is 26.3 Å². The van der Waals surface area contributed by atoms with E-state index >= 15 is 0 Å². The summed E-state index contributed by atoms with van der Waals surface area (Å²) in [5.41, 5.74) is 3.41. The van der Waals surface area contributed by atoms with Crippen molar-refractivity contribution < 1.29 is 4.39 Å². The first-order chi connectivity index (χ1) is 9.52. The zero-order chi connectivity index (χ0) is 14.3. The number of halogens is 2. The van der Waals surface area contributed by atoms with Crippen LogP contribution in [0.4, 0.5) is 4.39 Å². The minimum Gasteiger partial charge on any atom is -0.315 e. The van der Waals surface area contributed by atoms with Gasteiger partial charge in [-0.3, -0.25) is 4.68 Å². The zero-order valence-electron chi connectivity index (χ0n) is 11.6. The van der Waals surface area contributed by atoms with Crippen molar-refractivity contribution in [3.63, 3.8) is 0 Å². The summed E-state index contributed by atoms with van der Waals surface area (Å²) in [4.78, 5) is 0. The Bertz CT molecular complexity index is 629. The molecule has 1 aliphatic heterocycles. The Balaban J connectivity index is 1.96. The molecule has 0 bridgehead atoms. The number of hydrogen-bond donors (Lipinski definition) is 1. The van der Waals surface area contributed by atoms with Crippen molar-refractivity contribution in [2.24, 2.45) is 7.05 Å². The van der Waals surface area contributed by atoms with Gasteiger partial charge >= 0.3 is 0 Å². The fraction of sp³-hybridized carbons (Fsp3) is 0.400. The highest BCUT2D eigenvalue weighted by Crippen LogP contribution is 2.35. The average Bonchev–Trinajstić information content (AvgIpc) is 2.61. The Morgan fingerprint density at radius 1 is 1.35 bits per heavy atom. The molecule has 2 aromatic rings. The van der Waals surface area contributed by atoms with Crippen molar-refractivity contribution in [3.05, 3.63) is 51.5 Å². The van der Waals surface area contributed by atoms with Crippen LogP contribution in [0.3, 0.4) is 0 Å². The molecule has 0 aliphatic carbocycles. The van der Waals surface area contributed by atoms with Crippen molar-refractivity contribution in [1.29, 1.82) is 0 Å². The van der Waals surface area contributed by atoms with Crippen LogP contribution in [0, 0.1) is 12.7 Å². The molecule has 1 aromatic heterocycles. The topological polar surface area (TPSA) is 29.9 Å². The van der Waals surface area contributed by atoms with Gasteiger partial charge in [0.2, 0.25) is 0 Å². The van der Waals surface area contributed by atoms with Gasteiger partial charge in [-0.15, -0.1) is 0 Å². The van der Waals surface area contributed by atoms with Crippen LogP contribution in [0.5, 0.6) is 0 Å². The molecule has 0 unspecified atom stereocenters. The maximum absolute atomic E-state index is 13.1. The maximum atomic E-state index is 13.1. The summed E-state index contributed by atoms with van der Waals surface area (Å²) < 4.78 is 16.1. The molecule has 0 saturated carbocycles. The normalized spacial score (nSPS) is 17.0. The van der Waals surface area contributed by atoms with Crippen LogP contribution in [0.25, 0.3) is 0 Å². The first-order valence-corrected chi connectivity index (χ1v) is 7.46. The van der Waals surface area contributed by atoms with Crippen LogP contribution >= 0.6 is 15.9 Å².